The first-order valence-electron chi connectivity index (χ1n) is 6.69. The molecule has 2 aromatic carbocycles. The zero-order valence-corrected chi connectivity index (χ0v) is 12.3. The summed E-state index contributed by atoms with van der Waals surface area (Å²) in [7, 11) is 0. The molecule has 4 rings (SSSR count). The number of rotatable bonds is 2. The van der Waals surface area contributed by atoms with Crippen LogP contribution in [0.5, 0.6) is 0 Å². The molecular formula is C16H13ClN2S. The second kappa shape index (κ2) is 4.76. The van der Waals surface area contributed by atoms with Crippen LogP contribution in [0, 0.1) is 0 Å². The van der Waals surface area contributed by atoms with E-state index in [1.54, 1.807) is 11.3 Å². The molecule has 1 aliphatic carbocycles. The topological polar surface area (TPSA) is 24.9 Å². The van der Waals surface area contributed by atoms with E-state index in [4.69, 9.17) is 11.6 Å². The monoisotopic (exact) mass is 300 g/mol. The highest BCUT2D eigenvalue weighted by Gasteiger charge is 2.23. The van der Waals surface area contributed by atoms with Gasteiger partial charge in [0.2, 0.25) is 0 Å². The van der Waals surface area contributed by atoms with Crippen LogP contribution in [0.2, 0.25) is 5.02 Å². The Morgan fingerprint density at radius 2 is 2.10 bits per heavy atom. The lowest BCUT2D eigenvalue weighted by Gasteiger charge is -2.17. The van der Waals surface area contributed by atoms with Gasteiger partial charge in [-0.15, -0.1) is 11.3 Å². The van der Waals surface area contributed by atoms with Crippen molar-refractivity contribution < 1.29 is 0 Å². The lowest BCUT2D eigenvalue weighted by Crippen LogP contribution is -2.07. The van der Waals surface area contributed by atoms with Crippen LogP contribution < -0.4 is 5.32 Å². The van der Waals surface area contributed by atoms with Gasteiger partial charge in [0, 0.05) is 0 Å². The standard InChI is InChI=1S/C16H13ClN2S/c17-12-6-8-14-16(18-9-20-14)15(12)19-13-7-5-10-3-1-2-4-11(10)13/h1-4,6,8-9,13,19H,5,7H2. The number of hydrogen-bond acceptors (Lipinski definition) is 3. The SMILES string of the molecule is Clc1ccc2scnc2c1NC1CCc2ccccc21. The molecule has 1 N–H and O–H groups in total. The van der Waals surface area contributed by atoms with Crippen molar-refractivity contribution in [3.8, 4) is 0 Å². The third-order valence-electron chi connectivity index (χ3n) is 3.90. The van der Waals surface area contributed by atoms with Crippen LogP contribution >= 0.6 is 22.9 Å². The average molecular weight is 301 g/mol. The Morgan fingerprint density at radius 3 is 3.05 bits per heavy atom. The maximum absolute atomic E-state index is 6.37. The Morgan fingerprint density at radius 1 is 1.20 bits per heavy atom. The largest absolute Gasteiger partial charge is 0.375 e. The highest BCUT2D eigenvalue weighted by atomic mass is 35.5. The highest BCUT2D eigenvalue weighted by molar-refractivity contribution is 7.16. The smallest absolute Gasteiger partial charge is 0.106 e. The van der Waals surface area contributed by atoms with Crippen molar-refractivity contribution in [1.29, 1.82) is 0 Å². The van der Waals surface area contributed by atoms with Gasteiger partial charge in [0.25, 0.3) is 0 Å². The minimum atomic E-state index is 0.330. The van der Waals surface area contributed by atoms with Crippen molar-refractivity contribution in [3.63, 3.8) is 0 Å². The van der Waals surface area contributed by atoms with E-state index in [1.165, 1.54) is 15.8 Å². The molecule has 20 heavy (non-hydrogen) atoms. The molecule has 4 heteroatoms. The predicted molar refractivity (Wildman–Crippen MR) is 85.8 cm³/mol. The molecule has 0 spiro atoms. The molecule has 1 aliphatic rings. The Kier molecular flexibility index (Phi) is 2.90. The number of thiazole rings is 1. The molecule has 100 valence electrons. The minimum Gasteiger partial charge on any atom is -0.375 e. The summed E-state index contributed by atoms with van der Waals surface area (Å²) in [5.74, 6) is 0. The third kappa shape index (κ3) is 1.89. The van der Waals surface area contributed by atoms with Gasteiger partial charge in [-0.2, -0.15) is 0 Å². The van der Waals surface area contributed by atoms with Crippen molar-refractivity contribution in [1.82, 2.24) is 4.98 Å². The second-order valence-electron chi connectivity index (χ2n) is 5.06. The third-order valence-corrected chi connectivity index (χ3v) is 5.01. The quantitative estimate of drug-likeness (QED) is 0.716. The first-order valence-corrected chi connectivity index (χ1v) is 7.95. The highest BCUT2D eigenvalue weighted by Crippen LogP contribution is 2.38. The number of aryl methyl sites for hydroxylation is 1. The number of fused-ring (bicyclic) bond motifs is 2. The lowest BCUT2D eigenvalue weighted by atomic mass is 10.1. The van der Waals surface area contributed by atoms with Crippen molar-refractivity contribution in [2.45, 2.75) is 18.9 Å². The average Bonchev–Trinajstić information content (AvgIpc) is 3.09. The Balaban J connectivity index is 1.76. The fraction of sp³-hybridized carbons (Fsp3) is 0.188. The molecule has 1 atom stereocenters. The van der Waals surface area contributed by atoms with E-state index in [1.807, 2.05) is 17.6 Å². The summed E-state index contributed by atoms with van der Waals surface area (Å²) in [5, 5.41) is 4.35. The first-order chi connectivity index (χ1) is 9.83. The summed E-state index contributed by atoms with van der Waals surface area (Å²) in [6.45, 7) is 0. The van der Waals surface area contributed by atoms with Crippen molar-refractivity contribution in [2.24, 2.45) is 0 Å². The van der Waals surface area contributed by atoms with Gasteiger partial charge in [-0.25, -0.2) is 4.98 Å². The van der Waals surface area contributed by atoms with Gasteiger partial charge >= 0.3 is 0 Å². The van der Waals surface area contributed by atoms with Crippen LogP contribution in [-0.2, 0) is 6.42 Å². The summed E-state index contributed by atoms with van der Waals surface area (Å²) in [4.78, 5) is 4.45. The lowest BCUT2D eigenvalue weighted by molar-refractivity contribution is 0.763. The molecule has 0 fully saturated rings. The second-order valence-corrected chi connectivity index (χ2v) is 6.35. The number of halogens is 1. The molecular weight excluding hydrogens is 288 g/mol. The molecule has 1 unspecified atom stereocenters. The minimum absolute atomic E-state index is 0.330. The number of nitrogens with one attached hydrogen (secondary N) is 1. The molecule has 0 amide bonds. The van der Waals surface area contributed by atoms with Crippen LogP contribution in [0.3, 0.4) is 0 Å². The number of aromatic nitrogens is 1. The number of nitrogens with zero attached hydrogens (tertiary/aromatic N) is 1. The zero-order valence-electron chi connectivity index (χ0n) is 10.8. The molecule has 0 aliphatic heterocycles. The Hall–Kier alpha value is -1.58. The van der Waals surface area contributed by atoms with E-state index < -0.39 is 0 Å². The summed E-state index contributed by atoms with van der Waals surface area (Å²) in [5.41, 5.74) is 6.63. The van der Waals surface area contributed by atoms with Crippen molar-refractivity contribution in [2.75, 3.05) is 5.32 Å². The molecule has 0 saturated heterocycles. The van der Waals surface area contributed by atoms with Gasteiger partial charge in [0.05, 0.1) is 27.0 Å². The van der Waals surface area contributed by atoms with Crippen molar-refractivity contribution in [3.05, 3.63) is 58.1 Å². The van der Waals surface area contributed by atoms with E-state index in [0.29, 0.717) is 6.04 Å². The molecule has 1 heterocycles. The van der Waals surface area contributed by atoms with Gasteiger partial charge in [-0.05, 0) is 36.1 Å². The Bertz CT molecular complexity index is 781. The number of anilines is 1. The molecule has 2 nitrogen and oxygen atoms in total. The van der Waals surface area contributed by atoms with Gasteiger partial charge in [0.15, 0.2) is 0 Å². The van der Waals surface area contributed by atoms with Gasteiger partial charge in [0.1, 0.15) is 5.52 Å². The summed E-state index contributed by atoms with van der Waals surface area (Å²) >= 11 is 8.01. The van der Waals surface area contributed by atoms with Gasteiger partial charge < -0.3 is 5.32 Å². The van der Waals surface area contributed by atoms with E-state index in [9.17, 15) is 0 Å². The molecule has 1 aromatic heterocycles. The van der Waals surface area contributed by atoms with E-state index in [2.05, 4.69) is 34.6 Å². The van der Waals surface area contributed by atoms with Crippen LogP contribution in [0.1, 0.15) is 23.6 Å². The molecule has 3 aromatic rings. The van der Waals surface area contributed by atoms with Gasteiger partial charge in [-0.3, -0.25) is 0 Å². The van der Waals surface area contributed by atoms with Crippen LogP contribution in [0.15, 0.2) is 41.9 Å². The zero-order chi connectivity index (χ0) is 13.5. The van der Waals surface area contributed by atoms with E-state index >= 15 is 0 Å². The summed E-state index contributed by atoms with van der Waals surface area (Å²) in [6, 6.07) is 12.9. The van der Waals surface area contributed by atoms with Crippen LogP contribution in [0.4, 0.5) is 5.69 Å². The first kappa shape index (κ1) is 12.2. The fourth-order valence-electron chi connectivity index (χ4n) is 2.93. The predicted octanol–water partition coefficient (Wildman–Crippen LogP) is 5.05. The summed E-state index contributed by atoms with van der Waals surface area (Å²) < 4.78 is 1.17. The van der Waals surface area contributed by atoms with Crippen molar-refractivity contribution >= 4 is 38.8 Å². The molecule has 0 saturated carbocycles. The van der Waals surface area contributed by atoms with Crippen LogP contribution in [-0.4, -0.2) is 4.98 Å². The molecule has 0 bridgehead atoms. The molecule has 0 radical (unpaired) electrons. The Labute approximate surface area is 126 Å². The van der Waals surface area contributed by atoms with E-state index in [-0.39, 0.29) is 0 Å². The normalized spacial score (nSPS) is 17.4. The van der Waals surface area contributed by atoms with Gasteiger partial charge in [-0.1, -0.05) is 35.9 Å². The maximum Gasteiger partial charge on any atom is 0.106 e. The maximum atomic E-state index is 6.37. The van der Waals surface area contributed by atoms with Crippen LogP contribution in [0.25, 0.3) is 10.2 Å². The number of hydrogen-bond donors (Lipinski definition) is 1. The fourth-order valence-corrected chi connectivity index (χ4v) is 3.82. The summed E-state index contributed by atoms with van der Waals surface area (Å²) in [6.07, 6.45) is 2.23. The van der Waals surface area contributed by atoms with E-state index in [0.717, 1.165) is 29.1 Å². The number of benzene rings is 2.